The summed E-state index contributed by atoms with van der Waals surface area (Å²) in [6, 6.07) is 0.288. The highest BCUT2D eigenvalue weighted by molar-refractivity contribution is 5.85. The lowest BCUT2D eigenvalue weighted by molar-refractivity contribution is 0.294. The molecule has 2 nitrogen and oxygen atoms in total. The maximum atomic E-state index is 11.7. The molecule has 1 saturated heterocycles. The van der Waals surface area contributed by atoms with Crippen LogP contribution in [0.3, 0.4) is 0 Å². The van der Waals surface area contributed by atoms with Gasteiger partial charge in [-0.2, -0.15) is 0 Å². The van der Waals surface area contributed by atoms with Gasteiger partial charge >= 0.3 is 0 Å². The molecule has 0 aromatic carbocycles. The second kappa shape index (κ2) is 4.88. The Kier molecular flexibility index (Phi) is 4.95. The monoisotopic (exact) mass is 168 g/mol. The first-order chi connectivity index (χ1) is 4.33. The molecule has 0 amide bonds. The lowest BCUT2D eigenvalue weighted by Gasteiger charge is -2.10. The number of halogens is 2. The number of rotatable bonds is 2. The van der Waals surface area contributed by atoms with E-state index < -0.39 is 0 Å². The van der Waals surface area contributed by atoms with E-state index in [1.807, 2.05) is 0 Å². The molecule has 1 heterocycles. The van der Waals surface area contributed by atoms with Crippen LogP contribution in [0, 0.1) is 0 Å². The number of alkyl halides is 1. The van der Waals surface area contributed by atoms with Gasteiger partial charge in [-0.1, -0.05) is 0 Å². The van der Waals surface area contributed by atoms with Gasteiger partial charge in [0.1, 0.15) is 6.67 Å². The van der Waals surface area contributed by atoms with Crippen LogP contribution in [0.5, 0.6) is 0 Å². The number of likely N-dealkylation sites (tertiary alicyclic amines) is 1. The summed E-state index contributed by atoms with van der Waals surface area (Å²) < 4.78 is 11.7. The average molecular weight is 169 g/mol. The largest absolute Gasteiger partial charge is 0.326 e. The highest BCUT2D eigenvalue weighted by Crippen LogP contribution is 2.05. The summed E-state index contributed by atoms with van der Waals surface area (Å²) in [4.78, 5) is 2.06. The molecule has 1 unspecified atom stereocenters. The lowest BCUT2D eigenvalue weighted by atomic mass is 10.3. The third kappa shape index (κ3) is 2.82. The third-order valence-electron chi connectivity index (χ3n) is 1.71. The molecule has 0 aliphatic carbocycles. The van der Waals surface area contributed by atoms with Crippen molar-refractivity contribution in [2.75, 3.05) is 26.3 Å². The highest BCUT2D eigenvalue weighted by atomic mass is 35.5. The fourth-order valence-electron chi connectivity index (χ4n) is 1.19. The van der Waals surface area contributed by atoms with Crippen molar-refractivity contribution in [1.29, 1.82) is 0 Å². The molecular weight excluding hydrogens is 155 g/mol. The van der Waals surface area contributed by atoms with Gasteiger partial charge in [0, 0.05) is 19.1 Å². The Labute approximate surface area is 67.0 Å². The Hall–Kier alpha value is 0.140. The van der Waals surface area contributed by atoms with E-state index in [2.05, 4.69) is 4.90 Å². The first-order valence-electron chi connectivity index (χ1n) is 3.37. The Bertz CT molecular complexity index is 89.8. The Morgan fingerprint density at radius 3 is 2.70 bits per heavy atom. The maximum absolute atomic E-state index is 11.7. The fourth-order valence-corrected chi connectivity index (χ4v) is 1.19. The molecule has 0 spiro atoms. The van der Waals surface area contributed by atoms with E-state index >= 15 is 0 Å². The summed E-state index contributed by atoms with van der Waals surface area (Å²) >= 11 is 0. The zero-order chi connectivity index (χ0) is 6.69. The Morgan fingerprint density at radius 2 is 2.30 bits per heavy atom. The molecule has 62 valence electrons. The predicted molar refractivity (Wildman–Crippen MR) is 42.3 cm³/mol. The fraction of sp³-hybridized carbons (Fsp3) is 1.00. The van der Waals surface area contributed by atoms with Crippen LogP contribution in [0.4, 0.5) is 4.39 Å². The summed E-state index contributed by atoms with van der Waals surface area (Å²) in [6.45, 7) is 2.18. The van der Waals surface area contributed by atoms with Crippen molar-refractivity contribution < 1.29 is 4.39 Å². The first-order valence-corrected chi connectivity index (χ1v) is 3.37. The Balaban J connectivity index is 0.000000810. The number of nitrogens with zero attached hydrogens (tertiary/aromatic N) is 1. The highest BCUT2D eigenvalue weighted by Gasteiger charge is 2.17. The van der Waals surface area contributed by atoms with Gasteiger partial charge < -0.3 is 5.73 Å². The second-order valence-corrected chi connectivity index (χ2v) is 2.54. The van der Waals surface area contributed by atoms with Crippen molar-refractivity contribution in [2.24, 2.45) is 5.73 Å². The number of hydrogen-bond acceptors (Lipinski definition) is 2. The van der Waals surface area contributed by atoms with Crippen LogP contribution in [-0.4, -0.2) is 37.3 Å². The maximum Gasteiger partial charge on any atom is 0.102 e. The van der Waals surface area contributed by atoms with E-state index in [-0.39, 0.29) is 25.1 Å². The molecular formula is C6H14ClFN2. The van der Waals surface area contributed by atoms with Gasteiger partial charge in [-0.3, -0.25) is 4.90 Å². The van der Waals surface area contributed by atoms with Gasteiger partial charge in [-0.25, -0.2) is 4.39 Å². The first kappa shape index (κ1) is 10.1. The minimum atomic E-state index is -0.243. The normalized spacial score (nSPS) is 26.4. The zero-order valence-corrected chi connectivity index (χ0v) is 6.74. The molecule has 0 radical (unpaired) electrons. The molecule has 1 aliphatic heterocycles. The van der Waals surface area contributed by atoms with Crippen LogP contribution in [0.1, 0.15) is 6.42 Å². The van der Waals surface area contributed by atoms with E-state index in [1.165, 1.54) is 0 Å². The summed E-state index contributed by atoms with van der Waals surface area (Å²) in [5, 5.41) is 0. The van der Waals surface area contributed by atoms with Crippen molar-refractivity contribution in [3.05, 3.63) is 0 Å². The van der Waals surface area contributed by atoms with Crippen LogP contribution in [0.2, 0.25) is 0 Å². The van der Waals surface area contributed by atoms with Crippen molar-refractivity contribution in [2.45, 2.75) is 12.5 Å². The van der Waals surface area contributed by atoms with Crippen molar-refractivity contribution >= 4 is 12.4 Å². The molecule has 1 aliphatic rings. The van der Waals surface area contributed by atoms with Crippen molar-refractivity contribution in [3.8, 4) is 0 Å². The van der Waals surface area contributed by atoms with Gasteiger partial charge in [0.15, 0.2) is 0 Å². The number of nitrogens with two attached hydrogens (primary N) is 1. The molecule has 0 bridgehead atoms. The van der Waals surface area contributed by atoms with Gasteiger partial charge in [0.2, 0.25) is 0 Å². The SMILES string of the molecule is Cl.NC1CCN(CCF)C1. The smallest absolute Gasteiger partial charge is 0.102 e. The number of hydrogen-bond donors (Lipinski definition) is 1. The molecule has 1 atom stereocenters. The van der Waals surface area contributed by atoms with Crippen LogP contribution in [-0.2, 0) is 0 Å². The zero-order valence-electron chi connectivity index (χ0n) is 5.92. The molecule has 1 fully saturated rings. The topological polar surface area (TPSA) is 29.3 Å². The third-order valence-corrected chi connectivity index (χ3v) is 1.71. The molecule has 1 rings (SSSR count). The minimum absolute atomic E-state index is 0. The van der Waals surface area contributed by atoms with Gasteiger partial charge in [0.05, 0.1) is 0 Å². The van der Waals surface area contributed by atoms with Crippen LogP contribution in [0.25, 0.3) is 0 Å². The molecule has 0 aromatic heterocycles. The van der Waals surface area contributed by atoms with Gasteiger partial charge in [-0.15, -0.1) is 12.4 Å². The van der Waals surface area contributed by atoms with Crippen LogP contribution < -0.4 is 5.73 Å². The van der Waals surface area contributed by atoms with Gasteiger partial charge in [0.25, 0.3) is 0 Å². The molecule has 0 saturated carbocycles. The molecule has 0 aromatic rings. The van der Waals surface area contributed by atoms with E-state index in [1.54, 1.807) is 0 Å². The second-order valence-electron chi connectivity index (χ2n) is 2.54. The summed E-state index contributed by atoms with van der Waals surface area (Å²) in [7, 11) is 0. The molecule has 2 N–H and O–H groups in total. The van der Waals surface area contributed by atoms with Crippen molar-refractivity contribution in [1.82, 2.24) is 4.90 Å². The van der Waals surface area contributed by atoms with Gasteiger partial charge in [-0.05, 0) is 13.0 Å². The van der Waals surface area contributed by atoms with E-state index in [4.69, 9.17) is 5.73 Å². The van der Waals surface area contributed by atoms with E-state index in [0.717, 1.165) is 19.5 Å². The Morgan fingerprint density at radius 1 is 1.60 bits per heavy atom. The lowest BCUT2D eigenvalue weighted by Crippen LogP contribution is -2.27. The summed E-state index contributed by atoms with van der Waals surface area (Å²) in [6.07, 6.45) is 1.03. The molecule has 4 heteroatoms. The quantitative estimate of drug-likeness (QED) is 0.648. The van der Waals surface area contributed by atoms with E-state index in [0.29, 0.717) is 6.54 Å². The predicted octanol–water partition coefficient (Wildman–Crippen LogP) is 0.411. The molecule has 10 heavy (non-hydrogen) atoms. The van der Waals surface area contributed by atoms with Crippen LogP contribution >= 0.6 is 12.4 Å². The summed E-state index contributed by atoms with van der Waals surface area (Å²) in [5.41, 5.74) is 5.59. The van der Waals surface area contributed by atoms with Crippen LogP contribution in [0.15, 0.2) is 0 Å². The summed E-state index contributed by atoms with van der Waals surface area (Å²) in [5.74, 6) is 0. The average Bonchev–Trinajstić information content (AvgIpc) is 2.17. The van der Waals surface area contributed by atoms with Crippen molar-refractivity contribution in [3.63, 3.8) is 0 Å². The minimum Gasteiger partial charge on any atom is -0.326 e. The standard InChI is InChI=1S/C6H13FN2.ClH/c7-2-4-9-3-1-6(8)5-9;/h6H,1-5,8H2;1H. The van der Waals surface area contributed by atoms with E-state index in [9.17, 15) is 4.39 Å².